The molecule has 1 amide bonds. The topological polar surface area (TPSA) is 49.3 Å². The van der Waals surface area contributed by atoms with Gasteiger partial charge in [-0.25, -0.2) is 4.39 Å². The summed E-state index contributed by atoms with van der Waals surface area (Å²) in [4.78, 5) is 11.8. The first-order chi connectivity index (χ1) is 9.27. The maximum absolute atomic E-state index is 12.9. The second-order valence-electron chi connectivity index (χ2n) is 5.03. The van der Waals surface area contributed by atoms with E-state index >= 15 is 0 Å². The summed E-state index contributed by atoms with van der Waals surface area (Å²) in [7, 11) is 0. The summed E-state index contributed by atoms with van der Waals surface area (Å²) in [5.74, 6) is -1.97. The third-order valence-electron chi connectivity index (χ3n) is 3.45. The highest BCUT2D eigenvalue weighted by Gasteiger charge is 2.42. The largest absolute Gasteiger partial charge is 0.417 e. The molecule has 110 valence electrons. The number of benzene rings is 1. The zero-order valence-electron chi connectivity index (χ0n) is 10.4. The molecule has 7 heteroatoms. The molecule has 0 aliphatic heterocycles. The van der Waals surface area contributed by atoms with Crippen molar-refractivity contribution in [1.29, 1.82) is 0 Å². The first-order valence-electron chi connectivity index (χ1n) is 6.03. The fraction of sp³-hybridized carbons (Fsp3) is 0.462. The van der Waals surface area contributed by atoms with Gasteiger partial charge < -0.3 is 10.4 Å². The Kier molecular flexibility index (Phi) is 3.73. The van der Waals surface area contributed by atoms with Crippen molar-refractivity contribution in [2.45, 2.75) is 19.0 Å². The molecule has 3 nitrogen and oxygen atoms in total. The highest BCUT2D eigenvalue weighted by molar-refractivity contribution is 5.95. The number of nitrogens with one attached hydrogen (secondary N) is 1. The Hall–Kier alpha value is -1.63. The summed E-state index contributed by atoms with van der Waals surface area (Å²) in [6.07, 6.45) is -3.36. The fourth-order valence-electron chi connectivity index (χ4n) is 1.88. The molecule has 0 unspecified atom stereocenters. The number of hydrogen-bond donors (Lipinski definition) is 2. The Morgan fingerprint density at radius 3 is 2.50 bits per heavy atom. The minimum absolute atomic E-state index is 0.108. The molecule has 2 N–H and O–H groups in total. The van der Waals surface area contributed by atoms with Crippen molar-refractivity contribution in [2.75, 3.05) is 13.2 Å². The van der Waals surface area contributed by atoms with Crippen LogP contribution in [0.4, 0.5) is 17.6 Å². The van der Waals surface area contributed by atoms with E-state index in [9.17, 15) is 22.4 Å². The molecule has 2 rings (SSSR count). The highest BCUT2D eigenvalue weighted by Crippen LogP contribution is 2.44. The molecule has 0 spiro atoms. The third-order valence-corrected chi connectivity index (χ3v) is 3.45. The van der Waals surface area contributed by atoms with E-state index in [0.29, 0.717) is 6.07 Å². The van der Waals surface area contributed by atoms with Gasteiger partial charge in [0.05, 0.1) is 17.7 Å². The lowest BCUT2D eigenvalue weighted by Gasteiger charge is -2.15. The Labute approximate surface area is 112 Å². The van der Waals surface area contributed by atoms with Crippen LogP contribution < -0.4 is 5.32 Å². The minimum atomic E-state index is -4.80. The number of halogens is 4. The zero-order valence-corrected chi connectivity index (χ0v) is 10.4. The molecular formula is C13H13F4NO2. The first kappa shape index (κ1) is 14.8. The molecule has 0 aromatic heterocycles. The van der Waals surface area contributed by atoms with Gasteiger partial charge in [0, 0.05) is 12.0 Å². The predicted octanol–water partition coefficient (Wildman–Crippen LogP) is 2.35. The van der Waals surface area contributed by atoms with Crippen LogP contribution >= 0.6 is 0 Å². The van der Waals surface area contributed by atoms with Gasteiger partial charge in [0.1, 0.15) is 5.82 Å². The van der Waals surface area contributed by atoms with E-state index in [1.807, 2.05) is 0 Å². The quantitative estimate of drug-likeness (QED) is 0.837. The molecule has 0 saturated heterocycles. The lowest BCUT2D eigenvalue weighted by Crippen LogP contribution is -2.33. The van der Waals surface area contributed by atoms with Gasteiger partial charge in [0.25, 0.3) is 5.91 Å². The molecule has 20 heavy (non-hydrogen) atoms. The van der Waals surface area contributed by atoms with Gasteiger partial charge in [-0.2, -0.15) is 13.2 Å². The van der Waals surface area contributed by atoms with Crippen LogP contribution in [0.3, 0.4) is 0 Å². The highest BCUT2D eigenvalue weighted by atomic mass is 19.4. The van der Waals surface area contributed by atoms with Gasteiger partial charge in [-0.1, -0.05) is 0 Å². The van der Waals surface area contributed by atoms with Gasteiger partial charge in [-0.05, 0) is 31.0 Å². The van der Waals surface area contributed by atoms with E-state index in [1.54, 1.807) is 0 Å². The maximum Gasteiger partial charge on any atom is 0.417 e. The SMILES string of the molecule is O=C(NCC1(CO)CC1)c1ccc(F)cc1C(F)(F)F. The van der Waals surface area contributed by atoms with Crippen LogP contribution in [0.15, 0.2) is 18.2 Å². The van der Waals surface area contributed by atoms with Gasteiger partial charge in [0.2, 0.25) is 0 Å². The summed E-state index contributed by atoms with van der Waals surface area (Å²) < 4.78 is 51.2. The van der Waals surface area contributed by atoms with E-state index in [2.05, 4.69) is 5.32 Å². The summed E-state index contributed by atoms with van der Waals surface area (Å²) in [5, 5.41) is 11.4. The van der Waals surface area contributed by atoms with Crippen molar-refractivity contribution in [1.82, 2.24) is 5.32 Å². The smallest absolute Gasteiger partial charge is 0.396 e. The third kappa shape index (κ3) is 3.09. The monoisotopic (exact) mass is 291 g/mol. The maximum atomic E-state index is 12.9. The number of hydrogen-bond acceptors (Lipinski definition) is 2. The van der Waals surface area contributed by atoms with Crippen LogP contribution in [0.25, 0.3) is 0 Å². The van der Waals surface area contributed by atoms with Crippen molar-refractivity contribution in [3.8, 4) is 0 Å². The van der Waals surface area contributed by atoms with E-state index < -0.39 is 34.4 Å². The second-order valence-corrected chi connectivity index (χ2v) is 5.03. The van der Waals surface area contributed by atoms with Gasteiger partial charge >= 0.3 is 6.18 Å². The van der Waals surface area contributed by atoms with Gasteiger partial charge in [0.15, 0.2) is 0 Å². The number of aliphatic hydroxyl groups is 1. The van der Waals surface area contributed by atoms with Crippen molar-refractivity contribution in [2.24, 2.45) is 5.41 Å². The van der Waals surface area contributed by atoms with Crippen molar-refractivity contribution in [3.05, 3.63) is 35.1 Å². The molecular weight excluding hydrogens is 278 g/mol. The minimum Gasteiger partial charge on any atom is -0.396 e. The molecule has 0 radical (unpaired) electrons. The van der Waals surface area contributed by atoms with Crippen LogP contribution in [0.2, 0.25) is 0 Å². The van der Waals surface area contributed by atoms with Gasteiger partial charge in [-0.15, -0.1) is 0 Å². The number of amides is 1. The molecule has 1 aromatic carbocycles. The van der Waals surface area contributed by atoms with E-state index in [-0.39, 0.29) is 13.2 Å². The average Bonchev–Trinajstić information content (AvgIpc) is 3.15. The summed E-state index contributed by atoms with van der Waals surface area (Å²) >= 11 is 0. The first-order valence-corrected chi connectivity index (χ1v) is 6.03. The van der Waals surface area contributed by atoms with Crippen molar-refractivity contribution < 1.29 is 27.5 Å². The molecule has 1 saturated carbocycles. The van der Waals surface area contributed by atoms with Crippen LogP contribution in [-0.4, -0.2) is 24.2 Å². The summed E-state index contributed by atoms with van der Waals surface area (Å²) in [6.45, 7) is -0.0141. The molecule has 1 aliphatic rings. The van der Waals surface area contributed by atoms with E-state index in [4.69, 9.17) is 5.11 Å². The Balaban J connectivity index is 2.17. The summed E-state index contributed by atoms with van der Waals surface area (Å²) in [5.41, 5.74) is -2.33. The lowest BCUT2D eigenvalue weighted by molar-refractivity contribution is -0.138. The summed E-state index contributed by atoms with van der Waals surface area (Å²) in [6, 6.07) is 1.92. The molecule has 1 aromatic rings. The zero-order chi connectivity index (χ0) is 15.0. The van der Waals surface area contributed by atoms with E-state index in [1.165, 1.54) is 0 Å². The molecule has 1 fully saturated rings. The predicted molar refractivity (Wildman–Crippen MR) is 62.5 cm³/mol. The number of rotatable bonds is 4. The van der Waals surface area contributed by atoms with E-state index in [0.717, 1.165) is 25.0 Å². The second kappa shape index (κ2) is 5.05. The van der Waals surface area contributed by atoms with Gasteiger partial charge in [-0.3, -0.25) is 4.79 Å². The standard InChI is InChI=1S/C13H13F4NO2/c14-8-1-2-9(10(5-8)13(15,16)17)11(20)18-6-12(7-19)3-4-12/h1-2,5,19H,3-4,6-7H2,(H,18,20). The van der Waals surface area contributed by atoms with Crippen LogP contribution in [-0.2, 0) is 6.18 Å². The van der Waals surface area contributed by atoms with Crippen LogP contribution in [0, 0.1) is 11.2 Å². The lowest BCUT2D eigenvalue weighted by atomic mass is 10.0. The Bertz CT molecular complexity index is 524. The van der Waals surface area contributed by atoms with Crippen molar-refractivity contribution in [3.63, 3.8) is 0 Å². The fourth-order valence-corrected chi connectivity index (χ4v) is 1.88. The normalized spacial score (nSPS) is 16.9. The molecule has 1 aliphatic carbocycles. The number of alkyl halides is 3. The average molecular weight is 291 g/mol. The molecule has 0 heterocycles. The Morgan fingerprint density at radius 1 is 1.35 bits per heavy atom. The molecule has 0 atom stereocenters. The Morgan fingerprint density at radius 2 is 2.00 bits per heavy atom. The van der Waals surface area contributed by atoms with Crippen LogP contribution in [0.5, 0.6) is 0 Å². The van der Waals surface area contributed by atoms with Crippen molar-refractivity contribution >= 4 is 5.91 Å². The number of carbonyl (C=O) groups is 1. The van der Waals surface area contributed by atoms with Crippen LogP contribution in [0.1, 0.15) is 28.8 Å². The number of aliphatic hydroxyl groups excluding tert-OH is 1. The molecule has 0 bridgehead atoms. The number of carbonyl (C=O) groups excluding carboxylic acids is 1.